The van der Waals surface area contributed by atoms with Crippen molar-refractivity contribution in [2.24, 2.45) is 0 Å². The summed E-state index contributed by atoms with van der Waals surface area (Å²) in [6.07, 6.45) is 0. The van der Waals surface area contributed by atoms with Gasteiger partial charge in [0.05, 0.1) is 24.8 Å². The van der Waals surface area contributed by atoms with Gasteiger partial charge in [-0.3, -0.25) is 0 Å². The van der Waals surface area contributed by atoms with E-state index >= 15 is 0 Å². The lowest BCUT2D eigenvalue weighted by Gasteiger charge is -2.09. The van der Waals surface area contributed by atoms with E-state index in [0.29, 0.717) is 18.8 Å². The van der Waals surface area contributed by atoms with Crippen LogP contribution in [0.25, 0.3) is 11.1 Å². The van der Waals surface area contributed by atoms with Crippen molar-refractivity contribution in [2.75, 3.05) is 0 Å². The highest BCUT2D eigenvalue weighted by Gasteiger charge is 2.19. The molecule has 3 heteroatoms. The number of nitrogens with zero attached hydrogens (tertiary/aromatic N) is 1. The number of hydrogen-bond donors (Lipinski definition) is 0. The number of hydrogen-bond acceptors (Lipinski definition) is 2. The van der Waals surface area contributed by atoms with Crippen molar-refractivity contribution in [3.05, 3.63) is 58.9 Å². The topological polar surface area (TPSA) is 33.0 Å². The van der Waals surface area contributed by atoms with Gasteiger partial charge in [0.15, 0.2) is 0 Å². The summed E-state index contributed by atoms with van der Waals surface area (Å²) in [7, 11) is 0. The molecule has 0 unspecified atom stereocenters. The van der Waals surface area contributed by atoms with Gasteiger partial charge in [0.25, 0.3) is 0 Å². The first-order valence-corrected chi connectivity index (χ1v) is 5.68. The third kappa shape index (κ3) is 1.68. The molecule has 0 saturated heterocycles. The van der Waals surface area contributed by atoms with Crippen LogP contribution in [0.3, 0.4) is 0 Å². The van der Waals surface area contributed by atoms with E-state index < -0.39 is 0 Å². The SMILES string of the molecule is N#Cc1ccc2c(c1-c1ccc(F)cc1)COC2. The van der Waals surface area contributed by atoms with Crippen LogP contribution in [0.15, 0.2) is 36.4 Å². The van der Waals surface area contributed by atoms with Crippen LogP contribution in [0.5, 0.6) is 0 Å². The highest BCUT2D eigenvalue weighted by atomic mass is 19.1. The monoisotopic (exact) mass is 239 g/mol. The Kier molecular flexibility index (Phi) is 2.58. The summed E-state index contributed by atoms with van der Waals surface area (Å²) in [5.74, 6) is -0.277. The third-order valence-corrected chi connectivity index (χ3v) is 3.17. The minimum Gasteiger partial charge on any atom is -0.372 e. The summed E-state index contributed by atoms with van der Waals surface area (Å²) < 4.78 is 18.4. The lowest BCUT2D eigenvalue weighted by molar-refractivity contribution is 0.134. The smallest absolute Gasteiger partial charge is 0.123 e. The molecule has 0 spiro atoms. The predicted molar refractivity (Wildman–Crippen MR) is 65.0 cm³/mol. The number of fused-ring (bicyclic) bond motifs is 1. The first-order chi connectivity index (χ1) is 8.79. The Hall–Kier alpha value is -2.18. The van der Waals surface area contributed by atoms with Gasteiger partial charge >= 0.3 is 0 Å². The Morgan fingerprint density at radius 3 is 2.56 bits per heavy atom. The third-order valence-electron chi connectivity index (χ3n) is 3.17. The maximum Gasteiger partial charge on any atom is 0.123 e. The van der Waals surface area contributed by atoms with Gasteiger partial charge in [-0.25, -0.2) is 4.39 Å². The molecule has 0 fully saturated rings. The zero-order chi connectivity index (χ0) is 12.5. The van der Waals surface area contributed by atoms with Crippen molar-refractivity contribution in [2.45, 2.75) is 13.2 Å². The second kappa shape index (κ2) is 4.25. The highest BCUT2D eigenvalue weighted by Crippen LogP contribution is 2.34. The van der Waals surface area contributed by atoms with Gasteiger partial charge in [-0.1, -0.05) is 18.2 Å². The molecule has 1 aliphatic rings. The summed E-state index contributed by atoms with van der Waals surface area (Å²) in [6, 6.07) is 12.1. The Morgan fingerprint density at radius 2 is 1.83 bits per heavy atom. The number of nitriles is 1. The molecule has 2 aromatic carbocycles. The fraction of sp³-hybridized carbons (Fsp3) is 0.133. The molecular weight excluding hydrogens is 229 g/mol. The summed E-state index contributed by atoms with van der Waals surface area (Å²) in [5, 5.41) is 9.20. The van der Waals surface area contributed by atoms with Crippen LogP contribution in [-0.2, 0) is 18.0 Å². The van der Waals surface area contributed by atoms with Crippen LogP contribution >= 0.6 is 0 Å². The maximum absolute atomic E-state index is 13.0. The predicted octanol–water partition coefficient (Wildman–Crippen LogP) is 3.39. The van der Waals surface area contributed by atoms with Crippen molar-refractivity contribution in [3.63, 3.8) is 0 Å². The maximum atomic E-state index is 13.0. The second-order valence-corrected chi connectivity index (χ2v) is 4.24. The lowest BCUT2D eigenvalue weighted by Crippen LogP contribution is -1.93. The van der Waals surface area contributed by atoms with E-state index in [1.54, 1.807) is 18.2 Å². The number of halogens is 1. The standard InChI is InChI=1S/C15H10FNO/c16-13-5-3-10(4-6-13)15-11(7-17)1-2-12-8-18-9-14(12)15/h1-6H,8-9H2. The summed E-state index contributed by atoms with van der Waals surface area (Å²) in [6.45, 7) is 1.09. The quantitative estimate of drug-likeness (QED) is 0.764. The van der Waals surface area contributed by atoms with Gasteiger partial charge in [0.1, 0.15) is 5.82 Å². The minimum absolute atomic E-state index is 0.277. The highest BCUT2D eigenvalue weighted by molar-refractivity contribution is 5.75. The normalized spacial score (nSPS) is 13.1. The molecule has 0 bridgehead atoms. The van der Waals surface area contributed by atoms with Crippen molar-refractivity contribution in [1.82, 2.24) is 0 Å². The molecule has 2 aromatic rings. The van der Waals surface area contributed by atoms with Gasteiger partial charge in [0.2, 0.25) is 0 Å². The van der Waals surface area contributed by atoms with E-state index in [4.69, 9.17) is 4.74 Å². The molecule has 1 aliphatic heterocycles. The van der Waals surface area contributed by atoms with E-state index in [1.165, 1.54) is 12.1 Å². The second-order valence-electron chi connectivity index (χ2n) is 4.24. The summed E-state index contributed by atoms with van der Waals surface area (Å²) in [4.78, 5) is 0. The molecule has 0 N–H and O–H groups in total. The van der Waals surface area contributed by atoms with Gasteiger partial charge < -0.3 is 4.74 Å². The zero-order valence-electron chi connectivity index (χ0n) is 9.61. The van der Waals surface area contributed by atoms with Crippen LogP contribution in [0.1, 0.15) is 16.7 Å². The molecule has 3 rings (SSSR count). The molecule has 0 aliphatic carbocycles. The summed E-state index contributed by atoms with van der Waals surface area (Å²) in [5.41, 5.74) is 4.47. The Bertz CT molecular complexity index is 641. The number of ether oxygens (including phenoxy) is 1. The van der Waals surface area contributed by atoms with E-state index in [1.807, 2.05) is 6.07 Å². The van der Waals surface area contributed by atoms with E-state index in [9.17, 15) is 9.65 Å². The Labute approximate surface area is 104 Å². The largest absolute Gasteiger partial charge is 0.372 e. The van der Waals surface area contributed by atoms with Crippen molar-refractivity contribution < 1.29 is 9.13 Å². The molecule has 18 heavy (non-hydrogen) atoms. The van der Waals surface area contributed by atoms with Gasteiger partial charge in [-0.2, -0.15) is 5.26 Å². The van der Waals surface area contributed by atoms with Crippen molar-refractivity contribution >= 4 is 0 Å². The van der Waals surface area contributed by atoms with Crippen LogP contribution in [0.2, 0.25) is 0 Å². The lowest BCUT2D eigenvalue weighted by atomic mass is 9.92. The first kappa shape index (κ1) is 10.9. The van der Waals surface area contributed by atoms with Gasteiger partial charge in [0, 0.05) is 5.56 Å². The first-order valence-electron chi connectivity index (χ1n) is 5.68. The molecular formula is C15H10FNO. The van der Waals surface area contributed by atoms with Crippen molar-refractivity contribution in [1.29, 1.82) is 5.26 Å². The zero-order valence-corrected chi connectivity index (χ0v) is 9.61. The fourth-order valence-electron chi connectivity index (χ4n) is 2.29. The Morgan fingerprint density at radius 1 is 1.06 bits per heavy atom. The van der Waals surface area contributed by atoms with Crippen LogP contribution in [0.4, 0.5) is 4.39 Å². The molecule has 88 valence electrons. The summed E-state index contributed by atoms with van der Waals surface area (Å²) >= 11 is 0. The molecule has 2 nitrogen and oxygen atoms in total. The van der Waals surface area contributed by atoms with Crippen LogP contribution in [-0.4, -0.2) is 0 Å². The Balaban J connectivity index is 2.25. The molecule has 0 saturated carbocycles. The van der Waals surface area contributed by atoms with Gasteiger partial charge in [-0.05, 0) is 34.9 Å². The molecule has 0 radical (unpaired) electrons. The number of rotatable bonds is 1. The average molecular weight is 239 g/mol. The van der Waals surface area contributed by atoms with E-state index in [2.05, 4.69) is 6.07 Å². The molecule has 0 atom stereocenters. The van der Waals surface area contributed by atoms with E-state index in [-0.39, 0.29) is 5.82 Å². The minimum atomic E-state index is -0.277. The van der Waals surface area contributed by atoms with Crippen molar-refractivity contribution in [3.8, 4) is 17.2 Å². The average Bonchev–Trinajstić information content (AvgIpc) is 2.87. The van der Waals surface area contributed by atoms with Gasteiger partial charge in [-0.15, -0.1) is 0 Å². The fourth-order valence-corrected chi connectivity index (χ4v) is 2.29. The van der Waals surface area contributed by atoms with Crippen LogP contribution in [0, 0.1) is 17.1 Å². The molecule has 0 amide bonds. The molecule has 1 heterocycles. The van der Waals surface area contributed by atoms with Crippen LogP contribution < -0.4 is 0 Å². The number of benzene rings is 2. The van der Waals surface area contributed by atoms with E-state index in [0.717, 1.165) is 22.3 Å². The molecule has 0 aromatic heterocycles.